The fourth-order valence-corrected chi connectivity index (χ4v) is 2.50. The van der Waals surface area contributed by atoms with Crippen molar-refractivity contribution in [3.05, 3.63) is 42.0 Å². The van der Waals surface area contributed by atoms with E-state index in [0.29, 0.717) is 18.5 Å². The molecule has 1 aromatic carbocycles. The third-order valence-corrected chi connectivity index (χ3v) is 3.85. The normalized spacial score (nSPS) is 11.9. The average Bonchev–Trinajstić information content (AvgIpc) is 2.35. The van der Waals surface area contributed by atoms with Crippen molar-refractivity contribution in [2.24, 2.45) is 0 Å². The molecule has 0 fully saturated rings. The monoisotopic (exact) mass is 267 g/mol. The first kappa shape index (κ1) is 14.6. The van der Waals surface area contributed by atoms with Crippen LogP contribution in [0.5, 0.6) is 0 Å². The molecule has 0 saturated heterocycles. The van der Waals surface area contributed by atoms with Crippen molar-refractivity contribution in [3.63, 3.8) is 0 Å². The highest BCUT2D eigenvalue weighted by Crippen LogP contribution is 2.11. The van der Waals surface area contributed by atoms with E-state index in [1.807, 2.05) is 19.1 Å². The molecule has 0 spiro atoms. The van der Waals surface area contributed by atoms with Gasteiger partial charge in [-0.25, -0.2) is 13.1 Å². The van der Waals surface area contributed by atoms with Crippen LogP contribution in [0.1, 0.15) is 30.6 Å². The Morgan fingerprint density at radius 2 is 2.11 bits per heavy atom. The van der Waals surface area contributed by atoms with Crippen LogP contribution in [0.2, 0.25) is 0 Å². The number of rotatable bonds is 6. The van der Waals surface area contributed by atoms with E-state index in [2.05, 4.69) is 4.72 Å². The van der Waals surface area contributed by atoms with Crippen LogP contribution in [0.15, 0.2) is 41.3 Å². The zero-order valence-electron chi connectivity index (χ0n) is 10.5. The summed E-state index contributed by atoms with van der Waals surface area (Å²) in [6.45, 7) is 3.63. The minimum Gasteiger partial charge on any atom is -0.295 e. The summed E-state index contributed by atoms with van der Waals surface area (Å²) in [5, 5.41) is 0. The summed E-state index contributed by atoms with van der Waals surface area (Å²) in [5.74, 6) is -0.152. The van der Waals surface area contributed by atoms with Crippen LogP contribution in [0.25, 0.3) is 0 Å². The number of Topliss-reactive ketones (excluding diaryl/α,β-unsaturated/α-hetero) is 1. The maximum atomic E-state index is 11.9. The summed E-state index contributed by atoms with van der Waals surface area (Å²) < 4.78 is 26.3. The zero-order valence-corrected chi connectivity index (χ0v) is 11.3. The van der Waals surface area contributed by atoms with Crippen molar-refractivity contribution >= 4 is 15.8 Å². The third-order valence-electron chi connectivity index (χ3n) is 2.39. The number of hydrogen-bond donors (Lipinski definition) is 1. The number of hydrogen-bond acceptors (Lipinski definition) is 3. The first-order chi connectivity index (χ1) is 8.47. The lowest BCUT2D eigenvalue weighted by Crippen LogP contribution is -2.24. The van der Waals surface area contributed by atoms with Gasteiger partial charge in [0.15, 0.2) is 5.78 Å². The smallest absolute Gasteiger partial charge is 0.240 e. The molecule has 5 heteroatoms. The van der Waals surface area contributed by atoms with Crippen molar-refractivity contribution in [1.29, 1.82) is 0 Å². The number of ketones is 1. The number of sulfonamides is 1. The molecule has 0 atom stereocenters. The predicted octanol–water partition coefficient (Wildman–Crippen LogP) is 2.13. The van der Waals surface area contributed by atoms with E-state index in [9.17, 15) is 13.2 Å². The van der Waals surface area contributed by atoms with Crippen molar-refractivity contribution < 1.29 is 13.2 Å². The first-order valence-corrected chi connectivity index (χ1v) is 7.17. The molecule has 0 radical (unpaired) electrons. The minimum atomic E-state index is -3.53. The van der Waals surface area contributed by atoms with Gasteiger partial charge < -0.3 is 0 Å². The summed E-state index contributed by atoms with van der Waals surface area (Å²) in [5.41, 5.74) is 0.395. The molecule has 0 unspecified atom stereocenters. The van der Waals surface area contributed by atoms with Crippen LogP contribution in [0.3, 0.4) is 0 Å². The quantitative estimate of drug-likeness (QED) is 0.488. The molecule has 0 aliphatic rings. The molecule has 4 nitrogen and oxygen atoms in total. The number of allylic oxidation sites excluding steroid dienone is 1. The van der Waals surface area contributed by atoms with Crippen LogP contribution in [-0.2, 0) is 10.0 Å². The molecule has 18 heavy (non-hydrogen) atoms. The number of nitrogens with one attached hydrogen (secondary N) is 1. The zero-order chi connectivity index (χ0) is 13.6. The Morgan fingerprint density at radius 3 is 2.72 bits per heavy atom. The van der Waals surface area contributed by atoms with Crippen LogP contribution in [0, 0.1) is 0 Å². The lowest BCUT2D eigenvalue weighted by molar-refractivity contribution is 0.101. The Morgan fingerprint density at radius 1 is 1.39 bits per heavy atom. The van der Waals surface area contributed by atoms with Gasteiger partial charge in [-0.15, -0.1) is 0 Å². The molecular formula is C13H17NO3S. The van der Waals surface area contributed by atoms with Gasteiger partial charge in [-0.2, -0.15) is 0 Å². The van der Waals surface area contributed by atoms with E-state index in [1.54, 1.807) is 12.1 Å². The Kier molecular flexibility index (Phi) is 5.25. The second-order valence-corrected chi connectivity index (χ2v) is 5.61. The molecule has 0 aliphatic heterocycles. The van der Waals surface area contributed by atoms with Gasteiger partial charge in [-0.3, -0.25) is 4.79 Å². The Bertz CT molecular complexity index is 547. The van der Waals surface area contributed by atoms with Gasteiger partial charge in [0.1, 0.15) is 0 Å². The van der Waals surface area contributed by atoms with Crippen molar-refractivity contribution in [3.8, 4) is 0 Å². The van der Waals surface area contributed by atoms with Gasteiger partial charge in [0.2, 0.25) is 10.0 Å². The third kappa shape index (κ3) is 4.09. The summed E-state index contributed by atoms with van der Waals surface area (Å²) >= 11 is 0. The minimum absolute atomic E-state index is 0.121. The molecule has 1 rings (SSSR count). The largest absolute Gasteiger partial charge is 0.295 e. The fourth-order valence-electron chi connectivity index (χ4n) is 1.41. The molecule has 0 aromatic heterocycles. The highest BCUT2D eigenvalue weighted by Gasteiger charge is 2.14. The highest BCUT2D eigenvalue weighted by molar-refractivity contribution is 7.89. The average molecular weight is 267 g/mol. The maximum absolute atomic E-state index is 11.9. The van der Waals surface area contributed by atoms with Crippen LogP contribution >= 0.6 is 0 Å². The Balaban J connectivity index is 2.84. The van der Waals surface area contributed by atoms with Gasteiger partial charge in [-0.1, -0.05) is 24.3 Å². The lowest BCUT2D eigenvalue weighted by atomic mass is 10.2. The number of carbonyl (C=O) groups excluding carboxylic acids is 1. The van der Waals surface area contributed by atoms with E-state index < -0.39 is 10.0 Å². The standard InChI is InChI=1S/C13H17NO3S/c1-3-4-5-9-14-18(16,17)13-8-6-7-12(10-13)11(2)15/h3-4,6-8,10,14H,5,9H2,1-2H3/b4-3+. The van der Waals surface area contributed by atoms with E-state index in [-0.39, 0.29) is 10.7 Å². The molecular weight excluding hydrogens is 250 g/mol. The molecule has 0 aliphatic carbocycles. The molecule has 0 amide bonds. The maximum Gasteiger partial charge on any atom is 0.240 e. The summed E-state index contributed by atoms with van der Waals surface area (Å²) in [6.07, 6.45) is 4.39. The highest BCUT2D eigenvalue weighted by atomic mass is 32.2. The second-order valence-electron chi connectivity index (χ2n) is 3.84. The van der Waals surface area contributed by atoms with Gasteiger partial charge in [0.25, 0.3) is 0 Å². The van der Waals surface area contributed by atoms with Crippen molar-refractivity contribution in [2.75, 3.05) is 6.54 Å². The Hall–Kier alpha value is -1.46. The lowest BCUT2D eigenvalue weighted by Gasteiger charge is -2.06. The molecule has 0 saturated carbocycles. The van der Waals surface area contributed by atoms with Gasteiger partial charge in [-0.05, 0) is 32.4 Å². The van der Waals surface area contributed by atoms with Gasteiger partial charge in [0.05, 0.1) is 4.90 Å². The van der Waals surface area contributed by atoms with E-state index in [1.165, 1.54) is 19.1 Å². The summed E-state index contributed by atoms with van der Waals surface area (Å²) in [7, 11) is -3.53. The van der Waals surface area contributed by atoms with Gasteiger partial charge in [0, 0.05) is 12.1 Å². The number of carbonyl (C=O) groups is 1. The van der Waals surface area contributed by atoms with Crippen LogP contribution in [0.4, 0.5) is 0 Å². The molecule has 0 heterocycles. The number of benzene rings is 1. The Labute approximate surface area is 108 Å². The van der Waals surface area contributed by atoms with E-state index >= 15 is 0 Å². The topological polar surface area (TPSA) is 63.2 Å². The van der Waals surface area contributed by atoms with Gasteiger partial charge >= 0.3 is 0 Å². The van der Waals surface area contributed by atoms with E-state index in [4.69, 9.17) is 0 Å². The molecule has 1 N–H and O–H groups in total. The molecule has 0 bridgehead atoms. The van der Waals surface area contributed by atoms with Crippen molar-refractivity contribution in [2.45, 2.75) is 25.2 Å². The predicted molar refractivity (Wildman–Crippen MR) is 71.1 cm³/mol. The molecule has 1 aromatic rings. The summed E-state index contributed by atoms with van der Waals surface area (Å²) in [4.78, 5) is 11.3. The van der Waals surface area contributed by atoms with Crippen molar-refractivity contribution in [1.82, 2.24) is 4.72 Å². The van der Waals surface area contributed by atoms with E-state index in [0.717, 1.165) is 0 Å². The first-order valence-electron chi connectivity index (χ1n) is 5.69. The fraction of sp³-hybridized carbons (Fsp3) is 0.308. The second kappa shape index (κ2) is 6.47. The summed E-state index contributed by atoms with van der Waals surface area (Å²) in [6, 6.07) is 6.03. The van der Waals surface area contributed by atoms with Crippen LogP contribution < -0.4 is 4.72 Å². The molecule has 98 valence electrons. The SMILES string of the molecule is C/C=C/CCNS(=O)(=O)c1cccc(C(C)=O)c1. The van der Waals surface area contributed by atoms with Crippen LogP contribution in [-0.4, -0.2) is 20.7 Å².